The Balaban J connectivity index is 1.47. The molecule has 1 saturated heterocycles. The van der Waals surface area contributed by atoms with Crippen molar-refractivity contribution in [3.05, 3.63) is 47.3 Å². The maximum Gasteiger partial charge on any atom is 0.193 e. The number of hydrogen-bond donors (Lipinski definition) is 1. The minimum absolute atomic E-state index is 0.585. The number of benzene rings is 1. The van der Waals surface area contributed by atoms with E-state index in [1.807, 2.05) is 17.8 Å². The lowest BCUT2D eigenvalue weighted by atomic mass is 9.68. The number of rotatable bonds is 3. The second-order valence-electron chi connectivity index (χ2n) is 7.82. The molecule has 4 rings (SSSR count). The molecule has 0 amide bonds. The summed E-state index contributed by atoms with van der Waals surface area (Å²) in [7, 11) is 1.89. The van der Waals surface area contributed by atoms with Crippen LogP contribution in [0.4, 0.5) is 0 Å². The van der Waals surface area contributed by atoms with Crippen LogP contribution in [0.15, 0.2) is 35.3 Å². The summed E-state index contributed by atoms with van der Waals surface area (Å²) in [6.07, 6.45) is 5.50. The fourth-order valence-corrected chi connectivity index (χ4v) is 4.45. The standard InChI is InChI=1S/C21H29N5/c1-16-19(17(2)26(24-16)18-8-5-4-6-9-18)14-23-20(22-3)25-13-12-21(15-25)10-7-11-21/h4-6,8-9H,7,10-15H2,1-3H3,(H,22,23). The van der Waals surface area contributed by atoms with Gasteiger partial charge in [-0.1, -0.05) is 24.6 Å². The van der Waals surface area contributed by atoms with Gasteiger partial charge in [0.25, 0.3) is 0 Å². The third-order valence-electron chi connectivity index (χ3n) is 6.23. The summed E-state index contributed by atoms with van der Waals surface area (Å²) in [5, 5.41) is 8.33. The fraction of sp³-hybridized carbons (Fsp3) is 0.524. The predicted octanol–water partition coefficient (Wildman–Crippen LogP) is 3.44. The first-order valence-corrected chi connectivity index (χ1v) is 9.68. The van der Waals surface area contributed by atoms with Crippen LogP contribution in [0, 0.1) is 19.3 Å². The smallest absolute Gasteiger partial charge is 0.193 e. The zero-order valence-electron chi connectivity index (χ0n) is 16.1. The quantitative estimate of drug-likeness (QED) is 0.681. The van der Waals surface area contributed by atoms with Gasteiger partial charge >= 0.3 is 0 Å². The van der Waals surface area contributed by atoms with E-state index in [1.54, 1.807) is 0 Å². The number of nitrogens with zero attached hydrogens (tertiary/aromatic N) is 4. The van der Waals surface area contributed by atoms with Crippen LogP contribution in [0.3, 0.4) is 0 Å². The highest BCUT2D eigenvalue weighted by molar-refractivity contribution is 5.80. The first-order chi connectivity index (χ1) is 12.6. The Labute approximate surface area is 156 Å². The van der Waals surface area contributed by atoms with Crippen LogP contribution in [0.2, 0.25) is 0 Å². The van der Waals surface area contributed by atoms with E-state index in [0.29, 0.717) is 5.41 Å². The molecule has 1 aliphatic carbocycles. The SMILES string of the molecule is CN=C(NCc1c(C)nn(-c2ccccc2)c1C)N1CCC2(CCC2)C1. The minimum Gasteiger partial charge on any atom is -0.352 e. The fourth-order valence-electron chi connectivity index (χ4n) is 4.45. The summed E-state index contributed by atoms with van der Waals surface area (Å²) >= 11 is 0. The van der Waals surface area contributed by atoms with Gasteiger partial charge < -0.3 is 10.2 Å². The van der Waals surface area contributed by atoms with Crippen molar-refractivity contribution in [1.29, 1.82) is 0 Å². The van der Waals surface area contributed by atoms with E-state index in [2.05, 4.69) is 53.3 Å². The van der Waals surface area contributed by atoms with Crippen LogP contribution in [-0.2, 0) is 6.54 Å². The average molecular weight is 351 g/mol. The average Bonchev–Trinajstić information content (AvgIpc) is 3.20. The highest BCUT2D eigenvalue weighted by atomic mass is 15.3. The molecule has 2 aromatic rings. The number of likely N-dealkylation sites (tertiary alicyclic amines) is 1. The summed E-state index contributed by atoms with van der Waals surface area (Å²) in [5.74, 6) is 1.03. The zero-order valence-corrected chi connectivity index (χ0v) is 16.1. The van der Waals surface area contributed by atoms with Crippen LogP contribution < -0.4 is 5.32 Å². The van der Waals surface area contributed by atoms with Crippen LogP contribution in [-0.4, -0.2) is 40.8 Å². The lowest BCUT2D eigenvalue weighted by Gasteiger charge is -2.38. The molecule has 0 unspecified atom stereocenters. The third kappa shape index (κ3) is 3.00. The molecule has 26 heavy (non-hydrogen) atoms. The van der Waals surface area contributed by atoms with Gasteiger partial charge in [0.1, 0.15) is 0 Å². The Morgan fingerprint density at radius 2 is 1.96 bits per heavy atom. The third-order valence-corrected chi connectivity index (χ3v) is 6.23. The van der Waals surface area contributed by atoms with Gasteiger partial charge in [-0.05, 0) is 50.7 Å². The Morgan fingerprint density at radius 3 is 2.58 bits per heavy atom. The molecule has 2 heterocycles. The van der Waals surface area contributed by atoms with Gasteiger partial charge in [0.05, 0.1) is 11.4 Å². The maximum absolute atomic E-state index is 4.75. The van der Waals surface area contributed by atoms with Crippen LogP contribution in [0.5, 0.6) is 0 Å². The van der Waals surface area contributed by atoms with E-state index in [-0.39, 0.29) is 0 Å². The van der Waals surface area contributed by atoms with Crippen molar-refractivity contribution in [1.82, 2.24) is 20.0 Å². The molecule has 1 saturated carbocycles. The highest BCUT2D eigenvalue weighted by Gasteiger charge is 2.43. The number of guanidine groups is 1. The lowest BCUT2D eigenvalue weighted by Crippen LogP contribution is -2.42. The number of nitrogens with one attached hydrogen (secondary N) is 1. The van der Waals surface area contributed by atoms with Crippen molar-refractivity contribution in [3.8, 4) is 5.69 Å². The molecule has 0 atom stereocenters. The van der Waals surface area contributed by atoms with Crippen LogP contribution in [0.1, 0.15) is 42.6 Å². The number of aromatic nitrogens is 2. The van der Waals surface area contributed by atoms with E-state index < -0.39 is 0 Å². The first kappa shape index (κ1) is 17.1. The van der Waals surface area contributed by atoms with Crippen molar-refractivity contribution in [2.75, 3.05) is 20.1 Å². The molecular weight excluding hydrogens is 322 g/mol. The van der Waals surface area contributed by atoms with Gasteiger partial charge in [-0.2, -0.15) is 5.10 Å². The molecule has 1 aromatic heterocycles. The molecule has 138 valence electrons. The van der Waals surface area contributed by atoms with Crippen LogP contribution >= 0.6 is 0 Å². The Hall–Kier alpha value is -2.30. The van der Waals surface area contributed by atoms with Gasteiger partial charge in [0.2, 0.25) is 0 Å². The van der Waals surface area contributed by atoms with Crippen molar-refractivity contribution >= 4 is 5.96 Å². The zero-order chi connectivity index (χ0) is 18.1. The summed E-state index contributed by atoms with van der Waals surface area (Å²) in [5.41, 5.74) is 5.21. The molecule has 2 fully saturated rings. The van der Waals surface area contributed by atoms with Gasteiger partial charge in [-0.25, -0.2) is 4.68 Å². The molecule has 2 aliphatic rings. The van der Waals surface area contributed by atoms with E-state index in [9.17, 15) is 0 Å². The van der Waals surface area contributed by atoms with E-state index in [4.69, 9.17) is 5.10 Å². The molecule has 0 bridgehead atoms. The second kappa shape index (κ2) is 6.78. The Kier molecular flexibility index (Phi) is 4.47. The number of hydrogen-bond acceptors (Lipinski definition) is 2. The lowest BCUT2D eigenvalue weighted by molar-refractivity contribution is 0.151. The number of aliphatic imine (C=N–C) groups is 1. The topological polar surface area (TPSA) is 45.5 Å². The van der Waals surface area contributed by atoms with Crippen LogP contribution in [0.25, 0.3) is 5.69 Å². The molecule has 1 spiro atoms. The number of aryl methyl sites for hydroxylation is 1. The summed E-state index contributed by atoms with van der Waals surface area (Å²) in [6, 6.07) is 10.3. The van der Waals surface area contributed by atoms with Crippen molar-refractivity contribution in [3.63, 3.8) is 0 Å². The summed E-state index contributed by atoms with van der Waals surface area (Å²) < 4.78 is 2.04. The van der Waals surface area contributed by atoms with E-state index in [0.717, 1.165) is 37.0 Å². The van der Waals surface area contributed by atoms with Gasteiger partial charge in [0, 0.05) is 37.9 Å². The van der Waals surface area contributed by atoms with Crippen molar-refractivity contribution in [2.45, 2.75) is 46.1 Å². The molecule has 1 aromatic carbocycles. The van der Waals surface area contributed by atoms with Gasteiger partial charge in [-0.15, -0.1) is 0 Å². The van der Waals surface area contributed by atoms with Crippen molar-refractivity contribution < 1.29 is 0 Å². The second-order valence-corrected chi connectivity index (χ2v) is 7.82. The Morgan fingerprint density at radius 1 is 1.19 bits per heavy atom. The molecule has 1 aliphatic heterocycles. The van der Waals surface area contributed by atoms with E-state index >= 15 is 0 Å². The molecule has 0 radical (unpaired) electrons. The summed E-state index contributed by atoms with van der Waals surface area (Å²) in [6.45, 7) is 7.28. The number of para-hydroxylation sites is 1. The van der Waals surface area contributed by atoms with E-state index in [1.165, 1.54) is 36.9 Å². The normalized spacial score (nSPS) is 19.0. The Bertz CT molecular complexity index is 801. The van der Waals surface area contributed by atoms with Gasteiger partial charge in [0.15, 0.2) is 5.96 Å². The van der Waals surface area contributed by atoms with Gasteiger partial charge in [-0.3, -0.25) is 4.99 Å². The molecular formula is C21H29N5. The molecule has 5 nitrogen and oxygen atoms in total. The molecule has 5 heteroatoms. The first-order valence-electron chi connectivity index (χ1n) is 9.68. The highest BCUT2D eigenvalue weighted by Crippen LogP contribution is 2.47. The minimum atomic E-state index is 0.585. The maximum atomic E-state index is 4.75. The molecule has 1 N–H and O–H groups in total. The van der Waals surface area contributed by atoms with Crippen molar-refractivity contribution in [2.24, 2.45) is 10.4 Å². The monoisotopic (exact) mass is 351 g/mol. The predicted molar refractivity (Wildman–Crippen MR) is 106 cm³/mol. The summed E-state index contributed by atoms with van der Waals surface area (Å²) in [4.78, 5) is 6.97. The largest absolute Gasteiger partial charge is 0.352 e.